The number of carbonyl (C=O) groups excluding carboxylic acids is 1. The largest absolute Gasteiger partial charge is 0.381 e. The lowest BCUT2D eigenvalue weighted by molar-refractivity contribution is -0.122. The quantitative estimate of drug-likeness (QED) is 0.911. The molecule has 0 saturated carbocycles. The SMILES string of the molecule is Cc1cc2[nH]c(CNC(=O)CC3CCOC3)cc2cc1Cl. The molecule has 0 aliphatic carbocycles. The summed E-state index contributed by atoms with van der Waals surface area (Å²) in [6, 6.07) is 6.00. The normalized spacial score (nSPS) is 18.3. The second-order valence-corrected chi connectivity index (χ2v) is 6.10. The summed E-state index contributed by atoms with van der Waals surface area (Å²) in [6.45, 7) is 3.98. The van der Waals surface area contributed by atoms with Gasteiger partial charge in [-0.15, -0.1) is 0 Å². The molecule has 0 radical (unpaired) electrons. The van der Waals surface area contributed by atoms with Gasteiger partial charge >= 0.3 is 0 Å². The van der Waals surface area contributed by atoms with Gasteiger partial charge in [0, 0.05) is 41.3 Å². The lowest BCUT2D eigenvalue weighted by atomic mass is 10.1. The average Bonchev–Trinajstić information content (AvgIpc) is 3.06. The zero-order valence-corrected chi connectivity index (χ0v) is 12.8. The van der Waals surface area contributed by atoms with Crippen LogP contribution in [0.25, 0.3) is 10.9 Å². The van der Waals surface area contributed by atoms with Crippen molar-refractivity contribution in [3.8, 4) is 0 Å². The van der Waals surface area contributed by atoms with E-state index in [4.69, 9.17) is 16.3 Å². The Kier molecular flexibility index (Phi) is 4.17. The molecule has 1 amide bonds. The third kappa shape index (κ3) is 3.39. The van der Waals surface area contributed by atoms with Crippen LogP contribution in [-0.2, 0) is 16.1 Å². The molecule has 1 unspecified atom stereocenters. The highest BCUT2D eigenvalue weighted by molar-refractivity contribution is 6.32. The maximum atomic E-state index is 11.9. The van der Waals surface area contributed by atoms with E-state index in [-0.39, 0.29) is 5.91 Å². The van der Waals surface area contributed by atoms with Gasteiger partial charge in [0.2, 0.25) is 5.91 Å². The minimum atomic E-state index is 0.0818. The van der Waals surface area contributed by atoms with Crippen molar-refractivity contribution in [2.24, 2.45) is 5.92 Å². The Morgan fingerprint density at radius 2 is 2.33 bits per heavy atom. The molecule has 1 aliphatic heterocycles. The lowest BCUT2D eigenvalue weighted by Gasteiger charge is -2.07. The van der Waals surface area contributed by atoms with Gasteiger partial charge in [0.05, 0.1) is 6.54 Å². The van der Waals surface area contributed by atoms with Crippen LogP contribution in [0, 0.1) is 12.8 Å². The number of ether oxygens (including phenoxy) is 1. The highest BCUT2D eigenvalue weighted by Crippen LogP contribution is 2.24. The number of H-pyrrole nitrogens is 1. The third-order valence-electron chi connectivity index (χ3n) is 3.93. The van der Waals surface area contributed by atoms with E-state index in [1.165, 1.54) is 0 Å². The first kappa shape index (κ1) is 14.4. The van der Waals surface area contributed by atoms with Crippen molar-refractivity contribution in [2.45, 2.75) is 26.3 Å². The minimum Gasteiger partial charge on any atom is -0.381 e. The van der Waals surface area contributed by atoms with Crippen molar-refractivity contribution in [1.82, 2.24) is 10.3 Å². The highest BCUT2D eigenvalue weighted by Gasteiger charge is 2.18. The van der Waals surface area contributed by atoms with Gasteiger partial charge in [-0.1, -0.05) is 11.6 Å². The van der Waals surface area contributed by atoms with Crippen LogP contribution in [-0.4, -0.2) is 24.1 Å². The molecular formula is C16H19ClN2O2. The molecule has 1 saturated heterocycles. The fraction of sp³-hybridized carbons (Fsp3) is 0.438. The number of amides is 1. The minimum absolute atomic E-state index is 0.0818. The number of aryl methyl sites for hydroxylation is 1. The summed E-state index contributed by atoms with van der Waals surface area (Å²) in [7, 11) is 0. The fourth-order valence-electron chi connectivity index (χ4n) is 2.69. The summed E-state index contributed by atoms with van der Waals surface area (Å²) < 4.78 is 5.28. The Bertz CT molecular complexity index is 621. The Balaban J connectivity index is 1.61. The number of hydrogen-bond donors (Lipinski definition) is 2. The van der Waals surface area contributed by atoms with Crippen LogP contribution in [0.1, 0.15) is 24.1 Å². The van der Waals surface area contributed by atoms with Gasteiger partial charge in [-0.3, -0.25) is 4.79 Å². The van der Waals surface area contributed by atoms with Gasteiger partial charge in [-0.25, -0.2) is 0 Å². The van der Waals surface area contributed by atoms with E-state index in [0.717, 1.165) is 40.2 Å². The van der Waals surface area contributed by atoms with Crippen LogP contribution in [0.3, 0.4) is 0 Å². The van der Waals surface area contributed by atoms with Crippen molar-refractivity contribution in [1.29, 1.82) is 0 Å². The molecule has 4 nitrogen and oxygen atoms in total. The number of aromatic nitrogens is 1. The second-order valence-electron chi connectivity index (χ2n) is 5.69. The molecule has 0 bridgehead atoms. The van der Waals surface area contributed by atoms with Crippen LogP contribution in [0.2, 0.25) is 5.02 Å². The van der Waals surface area contributed by atoms with E-state index in [0.29, 0.717) is 25.5 Å². The number of aromatic amines is 1. The summed E-state index contributed by atoms with van der Waals surface area (Å²) in [5.74, 6) is 0.451. The standard InChI is InChI=1S/C16H19ClN2O2/c1-10-4-15-12(7-14(10)17)6-13(19-15)8-18-16(20)5-11-2-3-21-9-11/h4,6-7,11,19H,2-3,5,8-9H2,1H3,(H,18,20). The summed E-state index contributed by atoms with van der Waals surface area (Å²) in [6.07, 6.45) is 1.53. The number of rotatable bonds is 4. The average molecular weight is 307 g/mol. The maximum absolute atomic E-state index is 11.9. The predicted octanol–water partition coefficient (Wildman–Crippen LogP) is 3.17. The molecule has 5 heteroatoms. The van der Waals surface area contributed by atoms with Crippen molar-refractivity contribution in [3.05, 3.63) is 34.5 Å². The molecule has 2 heterocycles. The van der Waals surface area contributed by atoms with Crippen LogP contribution in [0.5, 0.6) is 0 Å². The van der Waals surface area contributed by atoms with Crippen LogP contribution in [0.15, 0.2) is 18.2 Å². The van der Waals surface area contributed by atoms with Crippen molar-refractivity contribution in [3.63, 3.8) is 0 Å². The summed E-state index contributed by atoms with van der Waals surface area (Å²) >= 11 is 6.12. The first-order valence-corrected chi connectivity index (χ1v) is 7.62. The molecule has 112 valence electrons. The highest BCUT2D eigenvalue weighted by atomic mass is 35.5. The number of hydrogen-bond acceptors (Lipinski definition) is 2. The van der Waals surface area contributed by atoms with Crippen molar-refractivity contribution >= 4 is 28.4 Å². The van der Waals surface area contributed by atoms with E-state index in [9.17, 15) is 4.79 Å². The van der Waals surface area contributed by atoms with Crippen LogP contribution >= 0.6 is 11.6 Å². The third-order valence-corrected chi connectivity index (χ3v) is 4.34. The number of fused-ring (bicyclic) bond motifs is 1. The molecule has 2 N–H and O–H groups in total. The van der Waals surface area contributed by atoms with Gasteiger partial charge < -0.3 is 15.0 Å². The van der Waals surface area contributed by atoms with Gasteiger partial charge in [-0.05, 0) is 43.0 Å². The van der Waals surface area contributed by atoms with Crippen molar-refractivity contribution < 1.29 is 9.53 Å². The lowest BCUT2D eigenvalue weighted by Crippen LogP contribution is -2.25. The molecule has 3 rings (SSSR count). The predicted molar refractivity (Wildman–Crippen MR) is 83.4 cm³/mol. The summed E-state index contributed by atoms with van der Waals surface area (Å²) in [5, 5.41) is 4.79. The molecule has 2 aromatic rings. The molecule has 0 spiro atoms. The first-order valence-electron chi connectivity index (χ1n) is 7.24. The van der Waals surface area contributed by atoms with Crippen LogP contribution in [0.4, 0.5) is 0 Å². The Labute approximate surface area is 128 Å². The summed E-state index contributed by atoms with van der Waals surface area (Å²) in [5.41, 5.74) is 3.08. The van der Waals surface area contributed by atoms with E-state index >= 15 is 0 Å². The zero-order chi connectivity index (χ0) is 14.8. The van der Waals surface area contributed by atoms with Crippen LogP contribution < -0.4 is 5.32 Å². The number of benzene rings is 1. The monoisotopic (exact) mass is 306 g/mol. The second kappa shape index (κ2) is 6.08. The number of nitrogens with one attached hydrogen (secondary N) is 2. The van der Waals surface area contributed by atoms with Crippen molar-refractivity contribution in [2.75, 3.05) is 13.2 Å². The number of halogens is 1. The Morgan fingerprint density at radius 3 is 3.10 bits per heavy atom. The molecule has 1 fully saturated rings. The molecule has 1 aromatic heterocycles. The molecule has 1 aromatic carbocycles. The van der Waals surface area contributed by atoms with Gasteiger partial charge in [0.1, 0.15) is 0 Å². The van der Waals surface area contributed by atoms with E-state index in [2.05, 4.69) is 10.3 Å². The number of carbonyl (C=O) groups is 1. The van der Waals surface area contributed by atoms with Gasteiger partial charge in [0.15, 0.2) is 0 Å². The Hall–Kier alpha value is -1.52. The topological polar surface area (TPSA) is 54.1 Å². The van der Waals surface area contributed by atoms with Gasteiger partial charge in [0.25, 0.3) is 0 Å². The van der Waals surface area contributed by atoms with E-state index < -0.39 is 0 Å². The van der Waals surface area contributed by atoms with Gasteiger partial charge in [-0.2, -0.15) is 0 Å². The maximum Gasteiger partial charge on any atom is 0.220 e. The van der Waals surface area contributed by atoms with E-state index in [1.807, 2.05) is 25.1 Å². The molecule has 1 atom stereocenters. The smallest absolute Gasteiger partial charge is 0.220 e. The molecular weight excluding hydrogens is 288 g/mol. The van der Waals surface area contributed by atoms with E-state index in [1.54, 1.807) is 0 Å². The molecule has 1 aliphatic rings. The summed E-state index contributed by atoms with van der Waals surface area (Å²) in [4.78, 5) is 15.2. The zero-order valence-electron chi connectivity index (χ0n) is 12.0. The molecule has 21 heavy (non-hydrogen) atoms. The fourth-order valence-corrected chi connectivity index (χ4v) is 2.86. The Morgan fingerprint density at radius 1 is 1.48 bits per heavy atom. The first-order chi connectivity index (χ1) is 10.1.